The molecule has 1 atom stereocenters. The molecule has 0 heterocycles. The first kappa shape index (κ1) is 9.48. The molecule has 0 aromatic rings. The number of nitrogens with one attached hydrogen (secondary N) is 1. The maximum absolute atomic E-state index is 10.5. The van der Waals surface area contributed by atoms with E-state index >= 15 is 0 Å². The van der Waals surface area contributed by atoms with Gasteiger partial charge in [-0.05, 0) is 0 Å². The molecule has 0 bridgehead atoms. The van der Waals surface area contributed by atoms with Crippen LogP contribution in [0.4, 0.5) is 0 Å². The summed E-state index contributed by atoms with van der Waals surface area (Å²) in [5, 5.41) is 0. The zero-order chi connectivity index (χ0) is 7.28. The zero-order valence-electron chi connectivity index (χ0n) is 4.44. The number of thiol groups is 3. The van der Waals surface area contributed by atoms with Crippen LogP contribution in [0.15, 0.2) is 0 Å². The Kier molecular flexibility index (Phi) is 5.56. The van der Waals surface area contributed by atoms with Crippen molar-refractivity contribution < 1.29 is 8.98 Å². The van der Waals surface area contributed by atoms with Gasteiger partial charge in [-0.25, -0.2) is 4.79 Å². The summed E-state index contributed by atoms with van der Waals surface area (Å²) < 4.78 is 6.49. The van der Waals surface area contributed by atoms with Gasteiger partial charge in [0.15, 0.2) is 0 Å². The van der Waals surface area contributed by atoms with Gasteiger partial charge in [-0.2, -0.15) is 12.6 Å². The Hall–Kier alpha value is 0.480. The van der Waals surface area contributed by atoms with Crippen molar-refractivity contribution in [3.8, 4) is 0 Å². The van der Waals surface area contributed by atoms with Crippen LogP contribution in [-0.4, -0.2) is 17.8 Å². The second-order valence-corrected chi connectivity index (χ2v) is 2.08. The van der Waals surface area contributed by atoms with Crippen molar-refractivity contribution in [1.29, 1.82) is 0 Å². The van der Waals surface area contributed by atoms with E-state index in [4.69, 9.17) is 0 Å². The van der Waals surface area contributed by atoms with Crippen LogP contribution >= 0.6 is 38.4 Å². The molecule has 0 radical (unpaired) electrons. The predicted molar refractivity (Wildman–Crippen MR) is 44.8 cm³/mol. The van der Waals surface area contributed by atoms with Gasteiger partial charge in [-0.15, -0.1) is 0 Å². The van der Waals surface area contributed by atoms with Crippen LogP contribution in [0, 0.1) is 0 Å². The standard InChI is InChI=1S/C3H7NO2S3/c5-3(6-9)2(1-7)4-8/h2,4,7-9H,1H2/t2-/m0/s1. The van der Waals surface area contributed by atoms with Crippen LogP contribution in [0.5, 0.6) is 0 Å². The van der Waals surface area contributed by atoms with Gasteiger partial charge in [0.2, 0.25) is 0 Å². The van der Waals surface area contributed by atoms with Crippen molar-refractivity contribution in [2.24, 2.45) is 0 Å². The van der Waals surface area contributed by atoms with E-state index in [-0.39, 0.29) is 0 Å². The fraction of sp³-hybridized carbons (Fsp3) is 0.667. The number of carbonyl (C=O) groups is 1. The van der Waals surface area contributed by atoms with Crippen molar-refractivity contribution in [2.75, 3.05) is 5.75 Å². The molecule has 0 aliphatic rings. The fourth-order valence-corrected chi connectivity index (χ4v) is 0.940. The lowest BCUT2D eigenvalue weighted by molar-refractivity contribution is -0.134. The van der Waals surface area contributed by atoms with Crippen LogP contribution < -0.4 is 4.72 Å². The highest BCUT2D eigenvalue weighted by Gasteiger charge is 2.14. The quantitative estimate of drug-likeness (QED) is 0.372. The Morgan fingerprint density at radius 1 is 1.78 bits per heavy atom. The molecule has 6 heteroatoms. The summed E-state index contributed by atoms with van der Waals surface area (Å²) in [7, 11) is 0. The zero-order valence-corrected chi connectivity index (χ0v) is 7.13. The summed E-state index contributed by atoms with van der Waals surface area (Å²) in [5.74, 6) is -0.147. The molecule has 0 aliphatic carbocycles. The first-order valence-electron chi connectivity index (χ1n) is 2.12. The Bertz CT molecular complexity index is 95.1. The lowest BCUT2D eigenvalue weighted by Crippen LogP contribution is -2.32. The monoisotopic (exact) mass is 185 g/mol. The van der Waals surface area contributed by atoms with E-state index in [0.29, 0.717) is 5.75 Å². The van der Waals surface area contributed by atoms with Crippen molar-refractivity contribution in [1.82, 2.24) is 4.72 Å². The molecule has 0 fully saturated rings. The number of hydrogen-bond donors (Lipinski definition) is 4. The lowest BCUT2D eigenvalue weighted by atomic mass is 10.4. The number of hydrogen-bond acceptors (Lipinski definition) is 6. The molecule has 0 spiro atoms. The minimum Gasteiger partial charge on any atom is -0.393 e. The molecule has 0 rings (SSSR count). The Morgan fingerprint density at radius 2 is 2.33 bits per heavy atom. The first-order chi connectivity index (χ1) is 4.26. The molecule has 54 valence electrons. The van der Waals surface area contributed by atoms with E-state index in [1.165, 1.54) is 0 Å². The van der Waals surface area contributed by atoms with Crippen molar-refractivity contribution in [3.63, 3.8) is 0 Å². The summed E-state index contributed by atoms with van der Waals surface area (Å²) in [6, 6.07) is -0.492. The number of rotatable bonds is 3. The molecule has 1 N–H and O–H groups in total. The average Bonchev–Trinajstić information content (AvgIpc) is 1.90. The van der Waals surface area contributed by atoms with Gasteiger partial charge in [-0.3, -0.25) is 4.72 Å². The van der Waals surface area contributed by atoms with Crippen LogP contribution in [0.25, 0.3) is 0 Å². The highest BCUT2D eigenvalue weighted by molar-refractivity contribution is 7.80. The second-order valence-electron chi connectivity index (χ2n) is 1.27. The average molecular weight is 185 g/mol. The third kappa shape index (κ3) is 3.24. The summed E-state index contributed by atoms with van der Waals surface area (Å²) in [6.07, 6.45) is 0. The van der Waals surface area contributed by atoms with Gasteiger partial charge in [0.1, 0.15) is 6.04 Å². The molecular weight excluding hydrogens is 178 g/mol. The first-order valence-corrected chi connectivity index (χ1v) is 3.56. The minimum atomic E-state index is -0.492. The molecule has 0 saturated heterocycles. The summed E-state index contributed by atoms with van der Waals surface area (Å²) in [6.45, 7) is 0. The summed E-state index contributed by atoms with van der Waals surface area (Å²) in [5.41, 5.74) is 0. The van der Waals surface area contributed by atoms with E-state index < -0.39 is 12.0 Å². The highest BCUT2D eigenvalue weighted by Crippen LogP contribution is 1.94. The lowest BCUT2D eigenvalue weighted by Gasteiger charge is -2.06. The Labute approximate surface area is 70.1 Å². The SMILES string of the molecule is O=C(OS)[C@H](CS)NS. The van der Waals surface area contributed by atoms with Crippen molar-refractivity contribution >= 4 is 44.3 Å². The fourth-order valence-electron chi connectivity index (χ4n) is 0.232. The van der Waals surface area contributed by atoms with E-state index in [2.05, 4.69) is 47.3 Å². The van der Waals surface area contributed by atoms with Gasteiger partial charge in [0.05, 0.1) is 0 Å². The Balaban J connectivity index is 3.64. The highest BCUT2D eigenvalue weighted by atomic mass is 32.1. The third-order valence-corrected chi connectivity index (χ3v) is 1.57. The Morgan fingerprint density at radius 3 is 2.44 bits per heavy atom. The number of carbonyl (C=O) groups excluding carboxylic acids is 1. The van der Waals surface area contributed by atoms with E-state index in [0.717, 1.165) is 0 Å². The predicted octanol–water partition coefficient (Wildman–Crippen LogP) is 0.107. The normalized spacial score (nSPS) is 12.8. The smallest absolute Gasteiger partial charge is 0.336 e. The van der Waals surface area contributed by atoms with E-state index in [1.807, 2.05) is 0 Å². The molecule has 3 nitrogen and oxygen atoms in total. The molecule has 0 aromatic carbocycles. The van der Waals surface area contributed by atoms with Gasteiger partial charge in [0, 0.05) is 18.7 Å². The molecule has 0 amide bonds. The maximum Gasteiger partial charge on any atom is 0.336 e. The maximum atomic E-state index is 10.5. The van der Waals surface area contributed by atoms with Crippen LogP contribution in [0.2, 0.25) is 0 Å². The summed E-state index contributed by atoms with van der Waals surface area (Å²) in [4.78, 5) is 10.5. The van der Waals surface area contributed by atoms with Gasteiger partial charge < -0.3 is 4.18 Å². The van der Waals surface area contributed by atoms with Crippen LogP contribution in [-0.2, 0) is 8.98 Å². The largest absolute Gasteiger partial charge is 0.393 e. The van der Waals surface area contributed by atoms with Crippen molar-refractivity contribution in [3.05, 3.63) is 0 Å². The topological polar surface area (TPSA) is 38.3 Å². The molecular formula is C3H7NO2S3. The third-order valence-electron chi connectivity index (χ3n) is 0.713. The van der Waals surface area contributed by atoms with Crippen LogP contribution in [0.1, 0.15) is 0 Å². The summed E-state index contributed by atoms with van der Waals surface area (Å²) >= 11 is 10.8. The van der Waals surface area contributed by atoms with Gasteiger partial charge >= 0.3 is 5.97 Å². The molecule has 0 aliphatic heterocycles. The van der Waals surface area contributed by atoms with Crippen molar-refractivity contribution in [2.45, 2.75) is 6.04 Å². The minimum absolute atomic E-state index is 0.336. The van der Waals surface area contributed by atoms with Gasteiger partial charge in [0.25, 0.3) is 0 Å². The van der Waals surface area contributed by atoms with Gasteiger partial charge in [-0.1, -0.05) is 12.8 Å². The molecule has 0 unspecified atom stereocenters. The molecule has 0 aromatic heterocycles. The molecule has 9 heavy (non-hydrogen) atoms. The van der Waals surface area contributed by atoms with E-state index in [9.17, 15) is 4.79 Å². The van der Waals surface area contributed by atoms with E-state index in [1.54, 1.807) is 0 Å². The van der Waals surface area contributed by atoms with Crippen LogP contribution in [0.3, 0.4) is 0 Å². The molecule has 0 saturated carbocycles. The second kappa shape index (κ2) is 5.28.